The molecule has 1 heterocycles. The number of halogens is 1. The number of carbonyl (C=O) groups excluding carboxylic acids is 1. The Kier molecular flexibility index (Phi) is 6.59. The SMILES string of the molecule is C[C@@H](Sc1nnc(-c2ccccc2Cl)n1C)C(=O)NC1CCCCCC1. The molecule has 5 nitrogen and oxygen atoms in total. The normalized spacial score (nSPS) is 16.9. The Morgan fingerprint density at radius 2 is 1.92 bits per heavy atom. The van der Waals surface area contributed by atoms with E-state index in [-0.39, 0.29) is 11.2 Å². The molecule has 1 fully saturated rings. The summed E-state index contributed by atoms with van der Waals surface area (Å²) in [6.45, 7) is 1.92. The number of hydrogen-bond donors (Lipinski definition) is 1. The van der Waals surface area contributed by atoms with Crippen LogP contribution in [0.5, 0.6) is 0 Å². The van der Waals surface area contributed by atoms with E-state index in [0.29, 0.717) is 22.0 Å². The van der Waals surface area contributed by atoms with E-state index in [1.807, 2.05) is 42.8 Å². The van der Waals surface area contributed by atoms with Gasteiger partial charge in [0.1, 0.15) is 0 Å². The molecule has 0 aliphatic heterocycles. The van der Waals surface area contributed by atoms with Crippen molar-refractivity contribution in [1.82, 2.24) is 20.1 Å². The van der Waals surface area contributed by atoms with Crippen LogP contribution in [0.15, 0.2) is 29.4 Å². The van der Waals surface area contributed by atoms with Crippen molar-refractivity contribution < 1.29 is 4.79 Å². The molecule has 0 saturated heterocycles. The second-order valence-corrected chi connectivity index (χ2v) is 8.52. The first kappa shape index (κ1) is 19.2. The lowest BCUT2D eigenvalue weighted by Crippen LogP contribution is -2.39. The predicted octanol–water partition coefficient (Wildman–Crippen LogP) is 4.46. The molecule has 0 radical (unpaired) electrons. The van der Waals surface area contributed by atoms with E-state index in [4.69, 9.17) is 11.6 Å². The molecule has 2 aromatic rings. The summed E-state index contributed by atoms with van der Waals surface area (Å²) in [6, 6.07) is 7.87. The van der Waals surface area contributed by atoms with Crippen molar-refractivity contribution in [3.8, 4) is 11.4 Å². The van der Waals surface area contributed by atoms with E-state index in [9.17, 15) is 4.79 Å². The third-order valence-corrected chi connectivity index (χ3v) is 6.27. The van der Waals surface area contributed by atoms with Crippen LogP contribution in [0.3, 0.4) is 0 Å². The maximum atomic E-state index is 12.6. The van der Waals surface area contributed by atoms with E-state index < -0.39 is 0 Å². The molecule has 140 valence electrons. The Morgan fingerprint density at radius 3 is 2.62 bits per heavy atom. The molecule has 1 aliphatic carbocycles. The smallest absolute Gasteiger partial charge is 0.233 e. The number of nitrogens with one attached hydrogen (secondary N) is 1. The van der Waals surface area contributed by atoms with Gasteiger partial charge < -0.3 is 9.88 Å². The van der Waals surface area contributed by atoms with Gasteiger partial charge in [-0.05, 0) is 31.9 Å². The molecule has 0 unspecified atom stereocenters. The molecular weight excluding hydrogens is 368 g/mol. The third-order valence-electron chi connectivity index (χ3n) is 4.80. The summed E-state index contributed by atoms with van der Waals surface area (Å²) in [6.07, 6.45) is 7.14. The maximum Gasteiger partial charge on any atom is 0.233 e. The molecule has 1 aromatic heterocycles. The molecule has 1 atom stereocenters. The van der Waals surface area contributed by atoms with Crippen LogP contribution in [-0.2, 0) is 11.8 Å². The molecule has 1 amide bonds. The Balaban J connectivity index is 1.65. The van der Waals surface area contributed by atoms with Gasteiger partial charge in [-0.25, -0.2) is 0 Å². The molecule has 7 heteroatoms. The van der Waals surface area contributed by atoms with Gasteiger partial charge in [-0.3, -0.25) is 4.79 Å². The number of amides is 1. The van der Waals surface area contributed by atoms with Crippen molar-refractivity contribution >= 4 is 29.3 Å². The highest BCUT2D eigenvalue weighted by atomic mass is 35.5. The lowest BCUT2D eigenvalue weighted by Gasteiger charge is -2.19. The van der Waals surface area contributed by atoms with Crippen LogP contribution in [0, 0.1) is 0 Å². The molecule has 0 bridgehead atoms. The number of rotatable bonds is 5. The minimum atomic E-state index is -0.222. The predicted molar refractivity (Wildman–Crippen MR) is 106 cm³/mol. The zero-order valence-corrected chi connectivity index (χ0v) is 16.8. The van der Waals surface area contributed by atoms with Gasteiger partial charge in [-0.1, -0.05) is 61.2 Å². The zero-order chi connectivity index (χ0) is 18.5. The first-order valence-electron chi connectivity index (χ1n) is 9.17. The quantitative estimate of drug-likeness (QED) is 0.603. The van der Waals surface area contributed by atoms with Crippen molar-refractivity contribution in [1.29, 1.82) is 0 Å². The zero-order valence-electron chi connectivity index (χ0n) is 15.2. The average Bonchev–Trinajstić information content (AvgIpc) is 2.83. The lowest BCUT2D eigenvalue weighted by molar-refractivity contribution is -0.121. The van der Waals surface area contributed by atoms with E-state index in [2.05, 4.69) is 15.5 Å². The first-order valence-corrected chi connectivity index (χ1v) is 10.4. The van der Waals surface area contributed by atoms with Crippen LogP contribution >= 0.6 is 23.4 Å². The summed E-state index contributed by atoms with van der Waals surface area (Å²) in [7, 11) is 1.90. The molecule has 1 aliphatic rings. The Bertz CT molecular complexity index is 756. The fourth-order valence-corrected chi connectivity index (χ4v) is 4.29. The second-order valence-electron chi connectivity index (χ2n) is 6.80. The van der Waals surface area contributed by atoms with Gasteiger partial charge in [-0.2, -0.15) is 0 Å². The average molecular weight is 393 g/mol. The van der Waals surface area contributed by atoms with Gasteiger partial charge in [0.2, 0.25) is 5.91 Å². The van der Waals surface area contributed by atoms with Crippen molar-refractivity contribution in [2.45, 2.75) is 61.9 Å². The van der Waals surface area contributed by atoms with Crippen LogP contribution in [0.2, 0.25) is 5.02 Å². The third kappa shape index (κ3) is 4.60. The van der Waals surface area contributed by atoms with Gasteiger partial charge >= 0.3 is 0 Å². The highest BCUT2D eigenvalue weighted by Gasteiger charge is 2.22. The Labute approximate surface area is 163 Å². The number of nitrogens with zero attached hydrogens (tertiary/aromatic N) is 3. The van der Waals surface area contributed by atoms with Gasteiger partial charge in [0.05, 0.1) is 10.3 Å². The summed E-state index contributed by atoms with van der Waals surface area (Å²) in [5.74, 6) is 0.777. The van der Waals surface area contributed by atoms with E-state index in [0.717, 1.165) is 18.4 Å². The minimum Gasteiger partial charge on any atom is -0.352 e. The summed E-state index contributed by atoms with van der Waals surface area (Å²) < 4.78 is 1.89. The highest BCUT2D eigenvalue weighted by Crippen LogP contribution is 2.29. The summed E-state index contributed by atoms with van der Waals surface area (Å²) in [5, 5.41) is 12.9. The van der Waals surface area contributed by atoms with Crippen LogP contribution in [0.1, 0.15) is 45.4 Å². The fourth-order valence-electron chi connectivity index (χ4n) is 3.25. The molecule has 1 saturated carbocycles. The lowest BCUT2D eigenvalue weighted by atomic mass is 10.1. The van der Waals surface area contributed by atoms with Crippen LogP contribution in [0.4, 0.5) is 0 Å². The fraction of sp³-hybridized carbons (Fsp3) is 0.526. The monoisotopic (exact) mass is 392 g/mol. The Hall–Kier alpha value is -1.53. The van der Waals surface area contributed by atoms with Gasteiger partial charge in [-0.15, -0.1) is 10.2 Å². The van der Waals surface area contributed by atoms with E-state index >= 15 is 0 Å². The van der Waals surface area contributed by atoms with Crippen molar-refractivity contribution in [3.05, 3.63) is 29.3 Å². The van der Waals surface area contributed by atoms with E-state index in [1.54, 1.807) is 0 Å². The topological polar surface area (TPSA) is 59.8 Å². The molecule has 1 N–H and O–H groups in total. The Morgan fingerprint density at radius 1 is 1.23 bits per heavy atom. The molecular formula is C19H25ClN4OS. The second kappa shape index (κ2) is 8.91. The van der Waals surface area contributed by atoms with Gasteiger partial charge in [0, 0.05) is 18.7 Å². The van der Waals surface area contributed by atoms with Crippen molar-refractivity contribution in [2.24, 2.45) is 7.05 Å². The molecule has 0 spiro atoms. The van der Waals surface area contributed by atoms with Crippen molar-refractivity contribution in [3.63, 3.8) is 0 Å². The van der Waals surface area contributed by atoms with Gasteiger partial charge in [0.25, 0.3) is 0 Å². The molecule has 3 rings (SSSR count). The number of carbonyl (C=O) groups is 1. The maximum absolute atomic E-state index is 12.6. The summed E-state index contributed by atoms with van der Waals surface area (Å²) >= 11 is 7.69. The number of benzene rings is 1. The molecule has 26 heavy (non-hydrogen) atoms. The van der Waals surface area contributed by atoms with Gasteiger partial charge in [0.15, 0.2) is 11.0 Å². The van der Waals surface area contributed by atoms with Crippen LogP contribution in [0.25, 0.3) is 11.4 Å². The van der Waals surface area contributed by atoms with Crippen LogP contribution < -0.4 is 5.32 Å². The van der Waals surface area contributed by atoms with Crippen molar-refractivity contribution in [2.75, 3.05) is 0 Å². The molecule has 1 aromatic carbocycles. The number of aromatic nitrogens is 3. The summed E-state index contributed by atoms with van der Waals surface area (Å²) in [4.78, 5) is 12.6. The highest BCUT2D eigenvalue weighted by molar-refractivity contribution is 8.00. The van der Waals surface area contributed by atoms with Crippen LogP contribution in [-0.4, -0.2) is 32.0 Å². The first-order chi connectivity index (χ1) is 12.6. The number of thioether (sulfide) groups is 1. The number of hydrogen-bond acceptors (Lipinski definition) is 4. The minimum absolute atomic E-state index is 0.0733. The largest absolute Gasteiger partial charge is 0.352 e. The van der Waals surface area contributed by atoms with E-state index in [1.165, 1.54) is 37.4 Å². The summed E-state index contributed by atoms with van der Waals surface area (Å²) in [5.41, 5.74) is 0.839. The standard InChI is InChI=1S/C19H25ClN4OS/c1-13(18(25)21-14-9-5-3-4-6-10-14)26-19-23-22-17(24(19)2)15-11-7-8-12-16(15)20/h7-8,11-14H,3-6,9-10H2,1-2H3,(H,21,25)/t13-/m1/s1.